The van der Waals surface area contributed by atoms with Crippen LogP contribution in [0.15, 0.2) is 239 Å². The zero-order chi connectivity index (χ0) is 82.7. The molecule has 27 heteroatoms. The number of aliphatic hydroxyl groups excluding tert-OH is 1. The molecule has 592 valence electrons. The number of nitrogens with one attached hydrogen (secondary N) is 1. The zero-order valence-electron chi connectivity index (χ0n) is 64.7. The van der Waals surface area contributed by atoms with Crippen LogP contribution in [-0.4, -0.2) is 91.0 Å². The van der Waals surface area contributed by atoms with E-state index in [0.29, 0.717) is 52.1 Å². The Morgan fingerprint density at radius 2 is 0.930 bits per heavy atom. The maximum Gasteiger partial charge on any atom is 0.417 e. The molecule has 1 atom stereocenters. The van der Waals surface area contributed by atoms with Gasteiger partial charge in [0, 0.05) is 148 Å². The lowest BCUT2D eigenvalue weighted by Gasteiger charge is -2.37. The summed E-state index contributed by atoms with van der Waals surface area (Å²) in [7, 11) is 0. The van der Waals surface area contributed by atoms with E-state index >= 15 is 0 Å². The summed E-state index contributed by atoms with van der Waals surface area (Å²) in [6, 6.07) is 29.6. The topological polar surface area (TPSA) is 286 Å². The number of nitrogens with zero attached hydrogens (tertiary/aromatic N) is 11. The second-order valence-corrected chi connectivity index (χ2v) is 28.1. The van der Waals surface area contributed by atoms with Crippen LogP contribution >= 0.6 is 0 Å². The lowest BCUT2D eigenvalue weighted by atomic mass is 9.94. The number of hydrogen-bond acceptors (Lipinski definition) is 17. The van der Waals surface area contributed by atoms with Crippen molar-refractivity contribution in [1.82, 2.24) is 57.7 Å². The fourth-order valence-corrected chi connectivity index (χ4v) is 13.2. The molecule has 0 bridgehead atoms. The number of carbonyl (C=O) groups excluding carboxylic acids is 1. The average Bonchev–Trinajstić information content (AvgIpc) is 0.784. The number of rotatable bonds is 15. The van der Waals surface area contributed by atoms with Crippen LogP contribution in [0.4, 0.5) is 22.0 Å². The van der Waals surface area contributed by atoms with Gasteiger partial charge in [0.2, 0.25) is 0 Å². The van der Waals surface area contributed by atoms with Gasteiger partial charge in [-0.25, -0.2) is 28.7 Å². The normalized spacial score (nSPS) is 13.2. The van der Waals surface area contributed by atoms with E-state index in [1.165, 1.54) is 63.9 Å². The lowest BCUT2D eigenvalue weighted by molar-refractivity contribution is -0.137. The maximum absolute atomic E-state index is 13.4. The number of carbonyl (C=O) groups is 1. The summed E-state index contributed by atoms with van der Waals surface area (Å²) in [6.45, 7) is 19.6. The first-order valence-electron chi connectivity index (χ1n) is 37.3. The number of pyridine rings is 6. The predicted octanol–water partition coefficient (Wildman–Crippen LogP) is 16.5. The Hall–Kier alpha value is -13.5. The number of ether oxygens (including phenoxy) is 1. The fraction of sp³-hybridized carbons (Fsp3) is 0.239. The number of benzene rings is 3. The number of hydrogen-bond donors (Lipinski definition) is 5. The molecule has 0 saturated heterocycles. The SMILES string of the molecule is CC(C)c1cnc2c(O)c(-c3ccccc3C(F)(F)F)ccn2c1=O.CCCc1cnc2c(O)c(-c3cc(F)cc(F)c3)ccn2c1=O.CCCc1cnc2c(O)c(-c3ccncc3)ccn2c1=O.CCCc1cnc2c(OC(C)C)c(-c3ccncc3)ccn2c1=O.Cc1ccccc1C1=C(O)C2NC=C(C(C)C)C(=O)N2C=C1. The molecule has 22 nitrogen and oxygen atoms in total. The van der Waals surface area contributed by atoms with Gasteiger partial charge in [0.05, 0.1) is 11.7 Å². The van der Waals surface area contributed by atoms with Gasteiger partial charge in [-0.15, -0.1) is 0 Å². The van der Waals surface area contributed by atoms with Crippen LogP contribution in [0.25, 0.3) is 72.7 Å². The summed E-state index contributed by atoms with van der Waals surface area (Å²) in [5, 5.41) is 45.0. The Balaban J connectivity index is 0.000000142. The molecule has 115 heavy (non-hydrogen) atoms. The van der Waals surface area contributed by atoms with Crippen LogP contribution < -0.4 is 32.3 Å². The minimum absolute atomic E-state index is 0.00356. The highest BCUT2D eigenvalue weighted by Crippen LogP contribution is 2.42. The minimum atomic E-state index is -4.57. The molecule has 1 unspecified atom stereocenters. The van der Waals surface area contributed by atoms with Gasteiger partial charge < -0.3 is 30.5 Å². The Morgan fingerprint density at radius 1 is 0.496 bits per heavy atom. The summed E-state index contributed by atoms with van der Waals surface area (Å²) >= 11 is 0. The fourth-order valence-electron chi connectivity index (χ4n) is 13.2. The second-order valence-electron chi connectivity index (χ2n) is 28.1. The Labute approximate surface area is 657 Å². The van der Waals surface area contributed by atoms with Crippen LogP contribution in [0.1, 0.15) is 126 Å². The summed E-state index contributed by atoms with van der Waals surface area (Å²) in [5.41, 5.74) is 8.60. The Morgan fingerprint density at radius 3 is 1.42 bits per heavy atom. The molecule has 2 aliphatic heterocycles. The number of fused-ring (bicyclic) bond motifs is 5. The number of aromatic hydroxyl groups is 3. The molecular formula is C88H85F5N12O10. The average molecular weight is 1570 g/mol. The first-order chi connectivity index (χ1) is 55.1. The van der Waals surface area contributed by atoms with Crippen LogP contribution in [0, 0.1) is 24.5 Å². The van der Waals surface area contributed by atoms with Gasteiger partial charge >= 0.3 is 6.18 Å². The van der Waals surface area contributed by atoms with Crippen molar-refractivity contribution in [2.45, 2.75) is 132 Å². The van der Waals surface area contributed by atoms with Crippen molar-refractivity contribution in [3.8, 4) is 67.5 Å². The smallest absolute Gasteiger partial charge is 0.417 e. The highest BCUT2D eigenvalue weighted by molar-refractivity contribution is 5.97. The van der Waals surface area contributed by atoms with E-state index < -0.39 is 35.3 Å². The maximum atomic E-state index is 13.4. The molecule has 0 fully saturated rings. The van der Waals surface area contributed by atoms with E-state index in [1.807, 2.05) is 112 Å². The predicted molar refractivity (Wildman–Crippen MR) is 431 cm³/mol. The van der Waals surface area contributed by atoms with Crippen molar-refractivity contribution >= 4 is 34.1 Å². The van der Waals surface area contributed by atoms with Crippen molar-refractivity contribution in [2.75, 3.05) is 0 Å². The standard InChI is InChI=1S/C19H21N3O2.C18H15F3N2O2.C18H20N2O2.C17H14F2N2O2.C16H15N3O2/c1-4-5-15-12-21-18-17(24-13(2)3)16(8-11-22(18)19(15)23)14-6-9-20-10-7-14;1-10(2)13-9-22-16-15(24)12(7-8-23(16)17(13)25)11-5-3-4-6-14(11)18(19,20)21;1-11(2)15-10-19-17-16(21)14(8-9-20(17)18(15)22)13-7-5-4-6-12(13)3;1-2-3-10-9-20-16-15(22)14(4-5-21(16)17(10)23)11-6-12(18)8-13(19)7-11;1-2-3-12-10-18-15-14(20)13(6-9-19(15)16(12)21)11-4-7-17-8-5-11/h6-13H,4-5H2,1-3H3;3-10,24H,1-2H3;4-11,17,19,21H,1-3H3;4-9,22H,2-3H2,1H3;4-10,20H,2-3H2,1H3. The summed E-state index contributed by atoms with van der Waals surface area (Å²) in [4.78, 5) is 88.7. The first-order valence-corrected chi connectivity index (χ1v) is 37.3. The van der Waals surface area contributed by atoms with Gasteiger partial charge in [-0.1, -0.05) is 110 Å². The lowest BCUT2D eigenvalue weighted by Crippen LogP contribution is -2.51. The van der Waals surface area contributed by atoms with Crippen LogP contribution in [0.5, 0.6) is 23.0 Å². The third-order valence-corrected chi connectivity index (χ3v) is 19.0. The molecule has 0 radical (unpaired) electrons. The number of amides is 1. The van der Waals surface area contributed by atoms with Gasteiger partial charge in [-0.05, 0) is 158 Å². The van der Waals surface area contributed by atoms with E-state index in [9.17, 15) is 66.4 Å². The quantitative estimate of drug-likeness (QED) is 0.0596. The van der Waals surface area contributed by atoms with E-state index in [2.05, 4.69) is 35.2 Å². The molecule has 0 spiro atoms. The van der Waals surface area contributed by atoms with Gasteiger partial charge in [0.15, 0.2) is 51.8 Å². The molecule has 10 aromatic heterocycles. The molecule has 2 aliphatic rings. The summed E-state index contributed by atoms with van der Waals surface area (Å²) in [5.74, 6) is -1.45. The van der Waals surface area contributed by atoms with Crippen molar-refractivity contribution in [1.29, 1.82) is 0 Å². The Bertz CT molecular complexity index is 6120. The monoisotopic (exact) mass is 1560 g/mol. The van der Waals surface area contributed by atoms with Crippen molar-refractivity contribution in [2.24, 2.45) is 5.92 Å². The summed E-state index contributed by atoms with van der Waals surface area (Å²) < 4.78 is 77.8. The van der Waals surface area contributed by atoms with Crippen molar-refractivity contribution in [3.05, 3.63) is 311 Å². The van der Waals surface area contributed by atoms with Gasteiger partial charge in [-0.3, -0.25) is 56.4 Å². The minimum Gasteiger partial charge on any atom is -0.507 e. The second kappa shape index (κ2) is 35.9. The van der Waals surface area contributed by atoms with Crippen molar-refractivity contribution in [3.63, 3.8) is 0 Å². The molecule has 15 rings (SSSR count). The van der Waals surface area contributed by atoms with Crippen LogP contribution in [-0.2, 0) is 30.2 Å². The molecule has 1 amide bonds. The van der Waals surface area contributed by atoms with E-state index in [0.717, 1.165) is 93.3 Å². The molecule has 0 saturated carbocycles. The zero-order valence-corrected chi connectivity index (χ0v) is 64.7. The van der Waals surface area contributed by atoms with Gasteiger partial charge in [-0.2, -0.15) is 13.2 Å². The molecule has 12 heterocycles. The third-order valence-electron chi connectivity index (χ3n) is 19.0. The molecule has 0 aliphatic carbocycles. The van der Waals surface area contributed by atoms with Crippen LogP contribution in [0.3, 0.4) is 0 Å². The number of halogens is 5. The third kappa shape index (κ3) is 17.9. The number of aliphatic hydroxyl groups is 1. The van der Waals surface area contributed by atoms with Gasteiger partial charge in [0.25, 0.3) is 28.1 Å². The largest absolute Gasteiger partial charge is 0.507 e. The first kappa shape index (κ1) is 82.5. The van der Waals surface area contributed by atoms with E-state index in [4.69, 9.17) is 4.74 Å². The summed E-state index contributed by atoms with van der Waals surface area (Å²) in [6.07, 6.45) is 23.7. The molecule has 5 N–H and O–H groups in total. The van der Waals surface area contributed by atoms with Crippen LogP contribution in [0.2, 0.25) is 0 Å². The number of aromatic nitrogens is 10. The van der Waals surface area contributed by atoms with E-state index in [1.54, 1.807) is 95.6 Å². The number of aryl methyl sites for hydroxylation is 4. The Kier molecular flexibility index (Phi) is 25.8. The van der Waals surface area contributed by atoms with Crippen molar-refractivity contribution < 1.29 is 51.9 Å². The number of alkyl halides is 3. The molecular weight excluding hydrogens is 1480 g/mol. The highest BCUT2D eigenvalue weighted by Gasteiger charge is 2.37. The highest BCUT2D eigenvalue weighted by atomic mass is 19.4. The molecule has 13 aromatic rings. The molecule has 3 aromatic carbocycles. The number of allylic oxidation sites excluding steroid dienone is 2. The van der Waals surface area contributed by atoms with E-state index in [-0.39, 0.29) is 103 Å². The van der Waals surface area contributed by atoms with Gasteiger partial charge in [0.1, 0.15) is 17.4 Å².